The van der Waals surface area contributed by atoms with Crippen LogP contribution in [-0.2, 0) is 11.2 Å². The normalized spacial score (nSPS) is 18.0. The molecule has 8 nitrogen and oxygen atoms in total. The predicted molar refractivity (Wildman–Crippen MR) is 120 cm³/mol. The van der Waals surface area contributed by atoms with Crippen molar-refractivity contribution in [2.75, 3.05) is 31.1 Å². The molecule has 4 rings (SSSR count). The Morgan fingerprint density at radius 1 is 1.09 bits per heavy atom. The van der Waals surface area contributed by atoms with Crippen LogP contribution in [0.4, 0.5) is 19.5 Å². The van der Waals surface area contributed by atoms with Crippen molar-refractivity contribution >= 4 is 37.5 Å². The number of nitrogens with zero attached hydrogens (tertiary/aromatic N) is 6. The van der Waals surface area contributed by atoms with Gasteiger partial charge in [0, 0.05) is 57.5 Å². The minimum Gasteiger partial charge on any atom is -0.337 e. The van der Waals surface area contributed by atoms with Gasteiger partial charge in [-0.05, 0) is 30.7 Å². The first kappa shape index (κ1) is 23.6. The zero-order valence-corrected chi connectivity index (χ0v) is 18.5. The van der Waals surface area contributed by atoms with E-state index < -0.39 is 17.7 Å². The number of rotatable bonds is 4. The number of urea groups is 1. The lowest BCUT2D eigenvalue weighted by Crippen LogP contribution is -2.52. The van der Waals surface area contributed by atoms with Crippen LogP contribution in [0.15, 0.2) is 35.6 Å². The van der Waals surface area contributed by atoms with Gasteiger partial charge in [0.15, 0.2) is 0 Å². The second kappa shape index (κ2) is 10.0. The minimum absolute atomic E-state index is 0. The highest BCUT2D eigenvalue weighted by atomic mass is 32.1. The number of Topliss-reactive ketones (excluding diaryl/α,β-unsaturated/α-hetero) is 1. The van der Waals surface area contributed by atoms with Crippen LogP contribution in [-0.4, -0.2) is 64.1 Å². The van der Waals surface area contributed by atoms with Crippen molar-refractivity contribution in [3.63, 3.8) is 0 Å². The van der Waals surface area contributed by atoms with E-state index in [0.717, 1.165) is 6.07 Å². The molecule has 170 valence electrons. The average molecular weight is 463 g/mol. The maximum absolute atomic E-state index is 13.6. The quantitative estimate of drug-likeness (QED) is 0.698. The van der Waals surface area contributed by atoms with Gasteiger partial charge in [0.2, 0.25) is 5.95 Å². The maximum Gasteiger partial charge on any atom is 0.341 e. The molecule has 2 aliphatic heterocycles. The van der Waals surface area contributed by atoms with E-state index in [1.54, 1.807) is 23.4 Å². The SMILES string of the molecule is CC(=O)Cc1ccnc(N2CCN(C(=O)N3N=CC[C@H]3c3cc(F)cc(F)c3)CC2)n1.S. The summed E-state index contributed by atoms with van der Waals surface area (Å²) in [6.45, 7) is 3.40. The number of hydrogen-bond donors (Lipinski definition) is 0. The Bertz CT molecular complexity index is 1010. The summed E-state index contributed by atoms with van der Waals surface area (Å²) in [5.41, 5.74) is 1.03. The van der Waals surface area contributed by atoms with Crippen LogP contribution in [0.2, 0.25) is 0 Å². The zero-order chi connectivity index (χ0) is 22.0. The molecule has 3 heterocycles. The number of carbonyl (C=O) groups excluding carboxylic acids is 2. The monoisotopic (exact) mass is 462 g/mol. The number of anilines is 1. The molecule has 0 N–H and O–H groups in total. The number of piperazine rings is 1. The predicted octanol–water partition coefficient (Wildman–Crippen LogP) is 2.67. The summed E-state index contributed by atoms with van der Waals surface area (Å²) in [5, 5.41) is 5.43. The number of hydrogen-bond acceptors (Lipinski definition) is 6. The number of ketones is 1. The maximum atomic E-state index is 13.6. The van der Waals surface area contributed by atoms with Gasteiger partial charge in [-0.25, -0.2) is 28.6 Å². The summed E-state index contributed by atoms with van der Waals surface area (Å²) in [6, 6.07) is 4.12. The molecule has 1 aromatic carbocycles. The molecule has 0 aliphatic carbocycles. The number of halogens is 2. The summed E-state index contributed by atoms with van der Waals surface area (Å²) >= 11 is 0. The Morgan fingerprint density at radius 2 is 1.78 bits per heavy atom. The summed E-state index contributed by atoms with van der Waals surface area (Å²) in [4.78, 5) is 36.7. The molecule has 0 saturated carbocycles. The van der Waals surface area contributed by atoms with Gasteiger partial charge in [-0.15, -0.1) is 0 Å². The summed E-state index contributed by atoms with van der Waals surface area (Å²) in [7, 11) is 0. The summed E-state index contributed by atoms with van der Waals surface area (Å²) in [5.74, 6) is -0.818. The molecule has 32 heavy (non-hydrogen) atoms. The van der Waals surface area contributed by atoms with Crippen molar-refractivity contribution in [3.8, 4) is 0 Å². The highest BCUT2D eigenvalue weighted by molar-refractivity contribution is 7.59. The highest BCUT2D eigenvalue weighted by Gasteiger charge is 2.33. The fourth-order valence-corrected chi connectivity index (χ4v) is 3.78. The van der Waals surface area contributed by atoms with Crippen molar-refractivity contribution in [2.45, 2.75) is 25.8 Å². The van der Waals surface area contributed by atoms with Gasteiger partial charge in [0.05, 0.1) is 11.7 Å². The van der Waals surface area contributed by atoms with Crippen molar-refractivity contribution < 1.29 is 18.4 Å². The summed E-state index contributed by atoms with van der Waals surface area (Å²) in [6.07, 6.45) is 3.85. The third-order valence-electron chi connectivity index (χ3n) is 5.26. The molecule has 0 bridgehead atoms. The Labute approximate surface area is 191 Å². The van der Waals surface area contributed by atoms with Crippen LogP contribution in [0.1, 0.15) is 30.6 Å². The molecule has 0 spiro atoms. The molecule has 11 heteroatoms. The third kappa shape index (κ3) is 5.21. The largest absolute Gasteiger partial charge is 0.341 e. The fraction of sp³-hybridized carbons (Fsp3) is 0.381. The Balaban J connectivity index is 0.00000289. The zero-order valence-electron chi connectivity index (χ0n) is 17.5. The van der Waals surface area contributed by atoms with Gasteiger partial charge in [0.1, 0.15) is 17.4 Å². The van der Waals surface area contributed by atoms with Crippen molar-refractivity contribution in [2.24, 2.45) is 5.10 Å². The molecule has 1 atom stereocenters. The van der Waals surface area contributed by atoms with E-state index in [1.807, 2.05) is 4.90 Å². The number of hydrazone groups is 1. The first-order valence-electron chi connectivity index (χ1n) is 10.0. The van der Waals surface area contributed by atoms with Gasteiger partial charge in [-0.1, -0.05) is 0 Å². The van der Waals surface area contributed by atoms with Crippen molar-refractivity contribution in [1.82, 2.24) is 19.9 Å². The van der Waals surface area contributed by atoms with E-state index in [2.05, 4.69) is 15.1 Å². The van der Waals surface area contributed by atoms with Gasteiger partial charge in [-0.2, -0.15) is 18.6 Å². The van der Waals surface area contributed by atoms with E-state index >= 15 is 0 Å². The van der Waals surface area contributed by atoms with E-state index in [0.29, 0.717) is 49.8 Å². The first-order valence-corrected chi connectivity index (χ1v) is 10.0. The standard InChI is InChI=1S/C21H22F2N6O2.H2S/c1-14(30)10-18-2-4-24-20(26-18)27-6-8-28(9-7-27)21(31)29-19(3-5-25-29)15-11-16(22)13-17(23)12-15;/h2,4-5,11-13,19H,3,6-10H2,1H3;1H2/t19-;/m0./s1. The molecule has 0 radical (unpaired) electrons. The second-order valence-corrected chi connectivity index (χ2v) is 7.58. The van der Waals surface area contributed by atoms with Gasteiger partial charge in [-0.3, -0.25) is 4.79 Å². The van der Waals surface area contributed by atoms with Gasteiger partial charge in [0.25, 0.3) is 0 Å². The number of aromatic nitrogens is 2. The molecular formula is C21H24F2N6O2S. The number of amides is 2. The average Bonchev–Trinajstić information content (AvgIpc) is 3.22. The van der Waals surface area contributed by atoms with Crippen LogP contribution >= 0.6 is 13.5 Å². The molecule has 1 saturated heterocycles. The van der Waals surface area contributed by atoms with Gasteiger partial charge >= 0.3 is 6.03 Å². The molecule has 0 unspecified atom stereocenters. The second-order valence-electron chi connectivity index (χ2n) is 7.58. The van der Waals surface area contributed by atoms with Crippen molar-refractivity contribution in [3.05, 3.63) is 53.4 Å². The lowest BCUT2D eigenvalue weighted by Gasteiger charge is -2.37. The Hall–Kier alpha value is -3.08. The van der Waals surface area contributed by atoms with Crippen LogP contribution in [0.25, 0.3) is 0 Å². The first-order chi connectivity index (χ1) is 14.9. The number of benzene rings is 1. The fourth-order valence-electron chi connectivity index (χ4n) is 3.78. The van der Waals surface area contributed by atoms with E-state index in [-0.39, 0.29) is 31.7 Å². The number of carbonyl (C=O) groups is 2. The van der Waals surface area contributed by atoms with Crippen LogP contribution in [0, 0.1) is 11.6 Å². The van der Waals surface area contributed by atoms with Crippen LogP contribution < -0.4 is 4.90 Å². The lowest BCUT2D eigenvalue weighted by atomic mass is 10.0. The summed E-state index contributed by atoms with van der Waals surface area (Å²) < 4.78 is 27.3. The van der Waals surface area contributed by atoms with E-state index in [4.69, 9.17) is 0 Å². The van der Waals surface area contributed by atoms with E-state index in [9.17, 15) is 18.4 Å². The van der Waals surface area contributed by atoms with Gasteiger partial charge < -0.3 is 9.80 Å². The Kier molecular flexibility index (Phi) is 7.39. The van der Waals surface area contributed by atoms with Crippen LogP contribution in [0.5, 0.6) is 0 Å². The molecule has 2 amide bonds. The Morgan fingerprint density at radius 3 is 2.44 bits per heavy atom. The van der Waals surface area contributed by atoms with E-state index in [1.165, 1.54) is 24.1 Å². The topological polar surface area (TPSA) is 82.0 Å². The van der Waals surface area contributed by atoms with Crippen molar-refractivity contribution in [1.29, 1.82) is 0 Å². The molecule has 1 aromatic heterocycles. The highest BCUT2D eigenvalue weighted by Crippen LogP contribution is 2.30. The minimum atomic E-state index is -0.685. The molecule has 1 fully saturated rings. The molecule has 2 aliphatic rings. The third-order valence-corrected chi connectivity index (χ3v) is 5.26. The molecule has 2 aromatic rings. The molecular weight excluding hydrogens is 438 g/mol. The van der Waals surface area contributed by atoms with Crippen LogP contribution in [0.3, 0.4) is 0 Å². The smallest absolute Gasteiger partial charge is 0.337 e. The lowest BCUT2D eigenvalue weighted by molar-refractivity contribution is -0.116.